The molecule has 2 unspecified atom stereocenters. The molecule has 1 saturated carbocycles. The van der Waals surface area contributed by atoms with Crippen LogP contribution in [-0.2, 0) is 6.54 Å². The average Bonchev–Trinajstić information content (AvgIpc) is 3.05. The molecule has 0 saturated heterocycles. The second kappa shape index (κ2) is 7.56. The maximum atomic E-state index is 5.02. The number of hydrogen-bond donors (Lipinski definition) is 1. The Balaban J connectivity index is 2.08. The number of thiazole rings is 1. The standard InChI is InChI=1S/C17H30N2S/c1-5-9-18-11-15-16(12(3)4)19-17(20-15)14-8-7-13(6-2)10-14/h12-14,18H,5-11H2,1-4H3. The van der Waals surface area contributed by atoms with E-state index in [9.17, 15) is 0 Å². The van der Waals surface area contributed by atoms with E-state index in [0.717, 1.165) is 24.9 Å². The zero-order valence-corrected chi connectivity index (χ0v) is 14.4. The summed E-state index contributed by atoms with van der Waals surface area (Å²) in [4.78, 5) is 6.49. The number of aromatic nitrogens is 1. The molecule has 0 spiro atoms. The van der Waals surface area contributed by atoms with Crippen LogP contribution in [0.3, 0.4) is 0 Å². The van der Waals surface area contributed by atoms with E-state index in [1.54, 1.807) is 0 Å². The molecule has 1 aliphatic carbocycles. The van der Waals surface area contributed by atoms with Crippen molar-refractivity contribution >= 4 is 11.3 Å². The summed E-state index contributed by atoms with van der Waals surface area (Å²) in [6.07, 6.45) is 6.66. The van der Waals surface area contributed by atoms with Crippen molar-refractivity contribution in [1.82, 2.24) is 10.3 Å². The van der Waals surface area contributed by atoms with Crippen LogP contribution in [0.5, 0.6) is 0 Å². The minimum Gasteiger partial charge on any atom is -0.312 e. The molecule has 1 aliphatic rings. The molecule has 0 bridgehead atoms. The summed E-state index contributed by atoms with van der Waals surface area (Å²) in [7, 11) is 0. The Morgan fingerprint density at radius 3 is 2.70 bits per heavy atom. The van der Waals surface area contributed by atoms with Gasteiger partial charge >= 0.3 is 0 Å². The van der Waals surface area contributed by atoms with E-state index in [2.05, 4.69) is 33.0 Å². The molecule has 0 aromatic carbocycles. The molecule has 1 heterocycles. The van der Waals surface area contributed by atoms with Crippen molar-refractivity contribution < 1.29 is 0 Å². The van der Waals surface area contributed by atoms with Crippen molar-refractivity contribution in [2.24, 2.45) is 5.92 Å². The molecule has 114 valence electrons. The first-order valence-electron chi connectivity index (χ1n) is 8.35. The lowest BCUT2D eigenvalue weighted by Gasteiger charge is -2.06. The first-order chi connectivity index (χ1) is 9.65. The molecule has 3 heteroatoms. The lowest BCUT2D eigenvalue weighted by Crippen LogP contribution is -2.14. The smallest absolute Gasteiger partial charge is 0.0962 e. The van der Waals surface area contributed by atoms with Gasteiger partial charge in [-0.25, -0.2) is 4.98 Å². The van der Waals surface area contributed by atoms with Crippen LogP contribution < -0.4 is 5.32 Å². The molecule has 2 atom stereocenters. The Hall–Kier alpha value is -0.410. The monoisotopic (exact) mass is 294 g/mol. The van der Waals surface area contributed by atoms with Crippen LogP contribution in [-0.4, -0.2) is 11.5 Å². The van der Waals surface area contributed by atoms with E-state index in [1.807, 2.05) is 11.3 Å². The summed E-state index contributed by atoms with van der Waals surface area (Å²) < 4.78 is 0. The molecule has 0 radical (unpaired) electrons. The summed E-state index contributed by atoms with van der Waals surface area (Å²) in [5.41, 5.74) is 1.34. The molecule has 1 N–H and O–H groups in total. The quantitative estimate of drug-likeness (QED) is 0.711. The molecule has 2 rings (SSSR count). The maximum absolute atomic E-state index is 5.02. The Morgan fingerprint density at radius 1 is 1.30 bits per heavy atom. The molecule has 1 aromatic rings. The lowest BCUT2D eigenvalue weighted by molar-refractivity contribution is 0.520. The van der Waals surface area contributed by atoms with Crippen molar-refractivity contribution in [1.29, 1.82) is 0 Å². The van der Waals surface area contributed by atoms with Gasteiger partial charge in [-0.3, -0.25) is 0 Å². The third-order valence-corrected chi connectivity index (χ3v) is 5.70. The second-order valence-electron chi connectivity index (χ2n) is 6.48. The van der Waals surface area contributed by atoms with Crippen molar-refractivity contribution in [3.63, 3.8) is 0 Å². The van der Waals surface area contributed by atoms with Crippen LogP contribution in [0.2, 0.25) is 0 Å². The van der Waals surface area contributed by atoms with Gasteiger partial charge in [0.25, 0.3) is 0 Å². The number of rotatable bonds is 7. The Bertz CT molecular complexity index is 411. The van der Waals surface area contributed by atoms with E-state index >= 15 is 0 Å². The van der Waals surface area contributed by atoms with E-state index in [1.165, 1.54) is 47.7 Å². The number of hydrogen-bond acceptors (Lipinski definition) is 3. The Labute approximate surface area is 128 Å². The lowest BCUT2D eigenvalue weighted by atomic mass is 10.0. The molecule has 1 aromatic heterocycles. The third kappa shape index (κ3) is 3.82. The molecule has 0 aliphatic heterocycles. The van der Waals surface area contributed by atoms with Crippen molar-refractivity contribution in [2.75, 3.05) is 6.54 Å². The fourth-order valence-corrected chi connectivity index (χ4v) is 4.52. The summed E-state index contributed by atoms with van der Waals surface area (Å²) >= 11 is 1.97. The van der Waals surface area contributed by atoms with E-state index in [0.29, 0.717) is 5.92 Å². The summed E-state index contributed by atoms with van der Waals surface area (Å²) in [6.45, 7) is 11.2. The largest absolute Gasteiger partial charge is 0.312 e. The topological polar surface area (TPSA) is 24.9 Å². The third-order valence-electron chi connectivity index (χ3n) is 4.47. The van der Waals surface area contributed by atoms with Gasteiger partial charge < -0.3 is 5.32 Å². The predicted molar refractivity (Wildman–Crippen MR) is 88.6 cm³/mol. The van der Waals surface area contributed by atoms with Gasteiger partial charge in [0, 0.05) is 17.3 Å². The van der Waals surface area contributed by atoms with Gasteiger partial charge in [0.15, 0.2) is 0 Å². The van der Waals surface area contributed by atoms with Gasteiger partial charge in [-0.2, -0.15) is 0 Å². The summed E-state index contributed by atoms with van der Waals surface area (Å²) in [5, 5.41) is 4.96. The van der Waals surface area contributed by atoms with Crippen LogP contribution in [0.15, 0.2) is 0 Å². The first-order valence-corrected chi connectivity index (χ1v) is 9.17. The highest BCUT2D eigenvalue weighted by molar-refractivity contribution is 7.11. The zero-order valence-electron chi connectivity index (χ0n) is 13.5. The van der Waals surface area contributed by atoms with E-state index in [4.69, 9.17) is 4.98 Å². The SMILES string of the molecule is CCCNCc1sc(C2CCC(CC)C2)nc1C(C)C. The summed E-state index contributed by atoms with van der Waals surface area (Å²) in [5.74, 6) is 2.22. The van der Waals surface area contributed by atoms with Gasteiger partial charge in [0.1, 0.15) is 0 Å². The first kappa shape index (κ1) is 16.0. The molecule has 1 fully saturated rings. The average molecular weight is 295 g/mol. The predicted octanol–water partition coefficient (Wildman–Crippen LogP) is 5.06. The normalized spacial score (nSPS) is 22.9. The van der Waals surface area contributed by atoms with Gasteiger partial charge in [-0.05, 0) is 44.1 Å². The van der Waals surface area contributed by atoms with Crippen LogP contribution in [0.4, 0.5) is 0 Å². The minimum absolute atomic E-state index is 0.543. The van der Waals surface area contributed by atoms with Crippen molar-refractivity contribution in [2.45, 2.75) is 78.2 Å². The van der Waals surface area contributed by atoms with Gasteiger partial charge in [-0.15, -0.1) is 11.3 Å². The number of nitrogens with zero attached hydrogens (tertiary/aromatic N) is 1. The molecule has 2 nitrogen and oxygen atoms in total. The van der Waals surface area contributed by atoms with Crippen molar-refractivity contribution in [3.05, 3.63) is 15.6 Å². The van der Waals surface area contributed by atoms with Gasteiger partial charge in [-0.1, -0.05) is 34.1 Å². The highest BCUT2D eigenvalue weighted by Crippen LogP contribution is 2.42. The molecule has 0 amide bonds. The summed E-state index contributed by atoms with van der Waals surface area (Å²) in [6, 6.07) is 0. The molecule has 20 heavy (non-hydrogen) atoms. The number of nitrogens with one attached hydrogen (secondary N) is 1. The fourth-order valence-electron chi connectivity index (χ4n) is 3.18. The molecular weight excluding hydrogens is 264 g/mol. The van der Waals surface area contributed by atoms with Gasteiger partial charge in [0.05, 0.1) is 10.7 Å². The fraction of sp³-hybridized carbons (Fsp3) is 0.824. The highest BCUT2D eigenvalue weighted by Gasteiger charge is 2.28. The Morgan fingerprint density at radius 2 is 2.10 bits per heavy atom. The zero-order chi connectivity index (χ0) is 14.5. The highest BCUT2D eigenvalue weighted by atomic mass is 32.1. The van der Waals surface area contributed by atoms with Crippen LogP contribution >= 0.6 is 11.3 Å². The van der Waals surface area contributed by atoms with E-state index < -0.39 is 0 Å². The maximum Gasteiger partial charge on any atom is 0.0962 e. The van der Waals surface area contributed by atoms with Crippen LogP contribution in [0.1, 0.15) is 87.2 Å². The van der Waals surface area contributed by atoms with Crippen LogP contribution in [0.25, 0.3) is 0 Å². The van der Waals surface area contributed by atoms with E-state index in [-0.39, 0.29) is 0 Å². The minimum atomic E-state index is 0.543. The van der Waals surface area contributed by atoms with Gasteiger partial charge in [0.2, 0.25) is 0 Å². The van der Waals surface area contributed by atoms with Crippen LogP contribution in [0, 0.1) is 5.92 Å². The molecular formula is C17H30N2S. The van der Waals surface area contributed by atoms with Crippen molar-refractivity contribution in [3.8, 4) is 0 Å². The second-order valence-corrected chi connectivity index (χ2v) is 7.59. The Kier molecular flexibility index (Phi) is 6.03.